The first kappa shape index (κ1) is 17.9. The molecular weight excluding hydrogens is 348 g/mol. The van der Waals surface area contributed by atoms with Crippen molar-refractivity contribution >= 4 is 17.2 Å². The summed E-state index contributed by atoms with van der Waals surface area (Å²) in [6.07, 6.45) is 2.05. The van der Waals surface area contributed by atoms with Crippen molar-refractivity contribution in [3.8, 4) is 16.7 Å². The molecule has 2 aromatic carbocycles. The van der Waals surface area contributed by atoms with Gasteiger partial charge in [-0.15, -0.1) is 0 Å². The fourth-order valence-electron chi connectivity index (χ4n) is 2.36. The second kappa shape index (κ2) is 9.01. The zero-order valence-corrected chi connectivity index (χ0v) is 15.3. The van der Waals surface area contributed by atoms with Crippen molar-refractivity contribution < 1.29 is 14.3 Å². The predicted molar refractivity (Wildman–Crippen MR) is 102 cm³/mol. The highest BCUT2D eigenvalue weighted by atomic mass is 32.1. The summed E-state index contributed by atoms with van der Waals surface area (Å²) in [5, 5.41) is 5.41. The maximum atomic E-state index is 12.1. The quantitative estimate of drug-likeness (QED) is 0.647. The van der Waals surface area contributed by atoms with Gasteiger partial charge in [-0.25, -0.2) is 4.98 Å². The van der Waals surface area contributed by atoms with E-state index in [1.54, 1.807) is 6.20 Å². The van der Waals surface area contributed by atoms with Crippen LogP contribution in [0.2, 0.25) is 0 Å². The van der Waals surface area contributed by atoms with Gasteiger partial charge in [0.25, 0.3) is 5.19 Å². The van der Waals surface area contributed by atoms with E-state index in [9.17, 15) is 4.79 Å². The first-order valence-corrected chi connectivity index (χ1v) is 9.25. The van der Waals surface area contributed by atoms with Crippen LogP contribution in [0.25, 0.3) is 0 Å². The van der Waals surface area contributed by atoms with Gasteiger partial charge in [0, 0.05) is 18.1 Å². The number of nitrogens with zero attached hydrogens (tertiary/aromatic N) is 1. The summed E-state index contributed by atoms with van der Waals surface area (Å²) in [4.78, 5) is 16.2. The molecule has 1 N–H and O–H groups in total. The lowest BCUT2D eigenvalue weighted by atomic mass is 10.1. The summed E-state index contributed by atoms with van der Waals surface area (Å²) in [7, 11) is 0. The first-order chi connectivity index (χ1) is 12.7. The minimum Gasteiger partial charge on any atom is -0.494 e. The van der Waals surface area contributed by atoms with Crippen LogP contribution < -0.4 is 14.8 Å². The lowest BCUT2D eigenvalue weighted by Crippen LogP contribution is -2.24. The minimum absolute atomic E-state index is 0.0164. The molecule has 0 aliphatic heterocycles. The van der Waals surface area contributed by atoms with Crippen molar-refractivity contribution in [3.05, 3.63) is 71.2 Å². The molecule has 3 aromatic rings. The maximum Gasteiger partial charge on any atom is 0.278 e. The average molecular weight is 368 g/mol. The van der Waals surface area contributed by atoms with Crippen molar-refractivity contribution in [2.45, 2.75) is 19.9 Å². The Bertz CT molecular complexity index is 815. The number of hydrogen-bond acceptors (Lipinski definition) is 5. The average Bonchev–Trinajstić information content (AvgIpc) is 3.16. The molecular formula is C20H20N2O3S. The van der Waals surface area contributed by atoms with E-state index in [-0.39, 0.29) is 5.91 Å². The molecule has 26 heavy (non-hydrogen) atoms. The van der Waals surface area contributed by atoms with Gasteiger partial charge in [0.05, 0.1) is 13.0 Å². The van der Waals surface area contributed by atoms with Gasteiger partial charge in [0.1, 0.15) is 11.5 Å². The van der Waals surface area contributed by atoms with Crippen LogP contribution in [-0.2, 0) is 17.8 Å². The third kappa shape index (κ3) is 5.32. The van der Waals surface area contributed by atoms with Crippen molar-refractivity contribution in [3.63, 3.8) is 0 Å². The number of nitrogens with one attached hydrogen (secondary N) is 1. The molecule has 0 radical (unpaired) electrons. The second-order valence-corrected chi connectivity index (χ2v) is 6.43. The van der Waals surface area contributed by atoms with E-state index in [2.05, 4.69) is 10.3 Å². The summed E-state index contributed by atoms with van der Waals surface area (Å²) in [5.41, 5.74) is 1.97. The topological polar surface area (TPSA) is 60.5 Å². The highest BCUT2D eigenvalue weighted by Crippen LogP contribution is 2.23. The molecule has 0 aliphatic rings. The largest absolute Gasteiger partial charge is 0.494 e. The molecule has 1 aromatic heterocycles. The predicted octanol–water partition coefficient (Wildman–Crippen LogP) is 4.19. The summed E-state index contributed by atoms with van der Waals surface area (Å²) >= 11 is 1.44. The molecule has 6 heteroatoms. The number of carbonyl (C=O) groups is 1. The maximum absolute atomic E-state index is 12.1. The number of amides is 1. The number of aromatic nitrogens is 1. The molecule has 1 heterocycles. The van der Waals surface area contributed by atoms with Crippen molar-refractivity contribution in [2.24, 2.45) is 0 Å². The summed E-state index contributed by atoms with van der Waals surface area (Å²) in [6.45, 7) is 3.06. The van der Waals surface area contributed by atoms with E-state index in [4.69, 9.17) is 9.47 Å². The molecule has 0 atom stereocenters. The van der Waals surface area contributed by atoms with Crippen LogP contribution in [-0.4, -0.2) is 17.5 Å². The highest BCUT2D eigenvalue weighted by molar-refractivity contribution is 7.11. The number of hydrogen-bond donors (Lipinski definition) is 1. The van der Waals surface area contributed by atoms with E-state index in [1.165, 1.54) is 11.3 Å². The van der Waals surface area contributed by atoms with E-state index in [1.807, 2.05) is 60.8 Å². The van der Waals surface area contributed by atoms with Gasteiger partial charge in [-0.2, -0.15) is 0 Å². The molecule has 1 amide bonds. The fraction of sp³-hybridized carbons (Fsp3) is 0.200. The van der Waals surface area contributed by atoms with E-state index >= 15 is 0 Å². The number of ether oxygens (including phenoxy) is 2. The van der Waals surface area contributed by atoms with E-state index in [0.29, 0.717) is 24.8 Å². The van der Waals surface area contributed by atoms with Crippen molar-refractivity contribution in [2.75, 3.05) is 6.61 Å². The molecule has 5 nitrogen and oxygen atoms in total. The number of rotatable bonds is 8. The van der Waals surface area contributed by atoms with Gasteiger partial charge in [0.2, 0.25) is 5.91 Å². The van der Waals surface area contributed by atoms with Gasteiger partial charge in [-0.05, 0) is 42.3 Å². The van der Waals surface area contributed by atoms with Gasteiger partial charge in [-0.1, -0.05) is 35.6 Å². The Morgan fingerprint density at radius 1 is 1.04 bits per heavy atom. The standard InChI is InChI=1S/C20H20N2O3S/c1-2-24-17-7-3-15(4-8-17)13-19(23)22-14-16-5-9-18(10-6-16)25-20-21-11-12-26-20/h3-12H,2,13-14H2,1H3,(H,22,23). The molecule has 0 saturated carbocycles. The van der Waals surface area contributed by atoms with Crippen molar-refractivity contribution in [1.29, 1.82) is 0 Å². The molecule has 0 aliphatic carbocycles. The van der Waals surface area contributed by atoms with Crippen molar-refractivity contribution in [1.82, 2.24) is 10.3 Å². The van der Waals surface area contributed by atoms with Gasteiger partial charge in [-0.3, -0.25) is 4.79 Å². The Labute approximate surface area is 156 Å². The first-order valence-electron chi connectivity index (χ1n) is 8.37. The second-order valence-electron chi connectivity index (χ2n) is 5.57. The smallest absolute Gasteiger partial charge is 0.278 e. The normalized spacial score (nSPS) is 10.3. The van der Waals surface area contributed by atoms with Gasteiger partial charge >= 0.3 is 0 Å². The van der Waals surface area contributed by atoms with Crippen LogP contribution in [0, 0.1) is 0 Å². The monoisotopic (exact) mass is 368 g/mol. The fourth-order valence-corrected chi connectivity index (χ4v) is 2.86. The van der Waals surface area contributed by atoms with Crippen LogP contribution in [0.4, 0.5) is 0 Å². The molecule has 0 bridgehead atoms. The number of benzene rings is 2. The Balaban J connectivity index is 1.46. The zero-order chi connectivity index (χ0) is 18.2. The molecule has 0 saturated heterocycles. The summed E-state index contributed by atoms with van der Waals surface area (Å²) in [6, 6.07) is 15.2. The Morgan fingerprint density at radius 2 is 1.73 bits per heavy atom. The highest BCUT2D eigenvalue weighted by Gasteiger charge is 2.05. The van der Waals surface area contributed by atoms with E-state index in [0.717, 1.165) is 22.6 Å². The molecule has 0 fully saturated rings. The van der Waals surface area contributed by atoms with Crippen LogP contribution in [0.5, 0.6) is 16.7 Å². The van der Waals surface area contributed by atoms with E-state index < -0.39 is 0 Å². The van der Waals surface area contributed by atoms with Crippen LogP contribution >= 0.6 is 11.3 Å². The van der Waals surface area contributed by atoms with Crippen LogP contribution in [0.1, 0.15) is 18.1 Å². The third-order valence-corrected chi connectivity index (χ3v) is 4.28. The Morgan fingerprint density at radius 3 is 2.38 bits per heavy atom. The number of thiazole rings is 1. The van der Waals surface area contributed by atoms with Crippen LogP contribution in [0.15, 0.2) is 60.1 Å². The van der Waals surface area contributed by atoms with Gasteiger partial charge in [0.15, 0.2) is 0 Å². The summed E-state index contributed by atoms with van der Waals surface area (Å²) in [5.74, 6) is 1.53. The minimum atomic E-state index is -0.0164. The Kier molecular flexibility index (Phi) is 6.22. The molecule has 134 valence electrons. The lowest BCUT2D eigenvalue weighted by Gasteiger charge is -2.08. The summed E-state index contributed by atoms with van der Waals surface area (Å²) < 4.78 is 11.0. The van der Waals surface area contributed by atoms with Gasteiger partial charge < -0.3 is 14.8 Å². The molecule has 3 rings (SSSR count). The lowest BCUT2D eigenvalue weighted by molar-refractivity contribution is -0.120. The number of carbonyl (C=O) groups excluding carboxylic acids is 1. The Hall–Kier alpha value is -2.86. The molecule has 0 unspecified atom stereocenters. The third-order valence-electron chi connectivity index (χ3n) is 3.63. The SMILES string of the molecule is CCOc1ccc(CC(=O)NCc2ccc(Oc3nccs3)cc2)cc1. The zero-order valence-electron chi connectivity index (χ0n) is 14.5. The van der Waals surface area contributed by atoms with Crippen LogP contribution in [0.3, 0.4) is 0 Å². The molecule has 0 spiro atoms.